The van der Waals surface area contributed by atoms with Gasteiger partial charge < -0.3 is 20.9 Å². The number of hydrogen-bond acceptors (Lipinski definition) is 8. The van der Waals surface area contributed by atoms with Crippen LogP contribution in [0.25, 0.3) is 0 Å². The van der Waals surface area contributed by atoms with E-state index in [1.807, 2.05) is 4.90 Å². The summed E-state index contributed by atoms with van der Waals surface area (Å²) in [4.78, 5) is 9.67. The summed E-state index contributed by atoms with van der Waals surface area (Å²) in [5.74, 6) is -0.745. The number of β-amino-alcohol motifs (C(OH)–C–C–N with tert-alkyl or cyclic N) is 1. The molecule has 180 valence electrons. The second kappa shape index (κ2) is 10.5. The van der Waals surface area contributed by atoms with Crippen molar-refractivity contribution in [1.29, 1.82) is 5.41 Å². The van der Waals surface area contributed by atoms with E-state index in [1.165, 1.54) is 6.07 Å². The second-order valence-corrected chi connectivity index (χ2v) is 8.09. The fourth-order valence-electron chi connectivity index (χ4n) is 3.88. The van der Waals surface area contributed by atoms with Crippen molar-refractivity contribution >= 4 is 28.9 Å². The van der Waals surface area contributed by atoms with Gasteiger partial charge in [0.1, 0.15) is 35.2 Å². The number of hydrogen-bond donors (Lipinski definition) is 4. The van der Waals surface area contributed by atoms with Gasteiger partial charge in [0, 0.05) is 36.7 Å². The highest BCUT2D eigenvalue weighted by Crippen LogP contribution is 2.43. The van der Waals surface area contributed by atoms with Crippen molar-refractivity contribution in [2.45, 2.75) is 32.2 Å². The van der Waals surface area contributed by atoms with Gasteiger partial charge >= 0.3 is 0 Å². The fraction of sp³-hybridized carbons (Fsp3) is 0.476. The van der Waals surface area contributed by atoms with Crippen molar-refractivity contribution in [3.63, 3.8) is 0 Å². The molecule has 0 radical (unpaired) electrons. The number of benzene rings is 1. The molecule has 12 heteroatoms. The second-order valence-electron chi connectivity index (χ2n) is 7.68. The summed E-state index contributed by atoms with van der Waals surface area (Å²) in [5.41, 5.74) is 5.27. The molecule has 1 saturated heterocycles. The summed E-state index contributed by atoms with van der Waals surface area (Å²) >= 11 is 6.22. The van der Waals surface area contributed by atoms with Gasteiger partial charge in [0.2, 0.25) is 0 Å². The number of nitrogens with two attached hydrogens (primary N) is 1. The number of rotatable bonds is 10. The van der Waals surface area contributed by atoms with E-state index >= 15 is 4.39 Å². The van der Waals surface area contributed by atoms with E-state index in [0.717, 1.165) is 6.33 Å². The number of aromatic nitrogens is 2. The Balaban J connectivity index is 2.00. The summed E-state index contributed by atoms with van der Waals surface area (Å²) in [7, 11) is 0. The molecule has 33 heavy (non-hydrogen) atoms. The average Bonchev–Trinajstić information content (AvgIpc) is 2.73. The molecule has 1 aliphatic rings. The Morgan fingerprint density at radius 2 is 2.12 bits per heavy atom. The number of aliphatic hydroxyl groups is 1. The molecule has 0 bridgehead atoms. The lowest BCUT2D eigenvalue weighted by Gasteiger charge is -2.40. The number of nitrogens with zero attached hydrogens (tertiary/aromatic N) is 3. The lowest BCUT2D eigenvalue weighted by molar-refractivity contribution is 0.112. The first-order valence-electron chi connectivity index (χ1n) is 10.4. The van der Waals surface area contributed by atoms with Gasteiger partial charge in [-0.05, 0) is 19.9 Å². The number of alkyl halides is 2. The number of aliphatic hydroxyl groups excluding tert-OH is 1. The maximum absolute atomic E-state index is 15.1. The van der Waals surface area contributed by atoms with E-state index in [2.05, 4.69) is 15.3 Å². The molecule has 1 aromatic carbocycles. The van der Waals surface area contributed by atoms with Gasteiger partial charge in [-0.2, -0.15) is 0 Å². The number of likely N-dealkylation sites (tertiary alicyclic amines) is 1. The molecule has 1 unspecified atom stereocenters. The highest BCUT2D eigenvalue weighted by molar-refractivity contribution is 6.31. The van der Waals surface area contributed by atoms with Crippen molar-refractivity contribution < 1.29 is 23.0 Å². The van der Waals surface area contributed by atoms with E-state index in [0.29, 0.717) is 36.5 Å². The van der Waals surface area contributed by atoms with Gasteiger partial charge in [0.25, 0.3) is 6.43 Å². The zero-order valence-corrected chi connectivity index (χ0v) is 19.0. The topological polar surface area (TPSA) is 120 Å². The van der Waals surface area contributed by atoms with Crippen LogP contribution in [0.1, 0.15) is 42.5 Å². The van der Waals surface area contributed by atoms with E-state index in [1.54, 1.807) is 13.8 Å². The van der Waals surface area contributed by atoms with Gasteiger partial charge in [-0.25, -0.2) is 23.1 Å². The SMILES string of the molecule is CCOc1c(C(C)Nc2ncnc(N)c2C(=N)C(F)F)cc(Cl)c(F)c1C1CN(CCO)C1. The Bertz CT molecular complexity index is 1020. The molecule has 2 heterocycles. The van der Waals surface area contributed by atoms with Crippen LogP contribution in [-0.4, -0.2) is 65.0 Å². The van der Waals surface area contributed by atoms with Crippen molar-refractivity contribution in [3.8, 4) is 5.75 Å². The first-order valence-corrected chi connectivity index (χ1v) is 10.8. The first kappa shape index (κ1) is 25.0. The lowest BCUT2D eigenvalue weighted by atomic mass is 9.87. The van der Waals surface area contributed by atoms with Crippen molar-refractivity contribution in [3.05, 3.63) is 39.9 Å². The normalized spacial score (nSPS) is 15.4. The summed E-state index contributed by atoms with van der Waals surface area (Å²) in [6.07, 6.45) is -1.97. The average molecular weight is 487 g/mol. The van der Waals surface area contributed by atoms with Gasteiger partial charge in [0.15, 0.2) is 0 Å². The largest absolute Gasteiger partial charge is 0.493 e. The van der Waals surface area contributed by atoms with Crippen LogP contribution in [0.5, 0.6) is 5.75 Å². The van der Waals surface area contributed by atoms with Crippen LogP contribution in [0.2, 0.25) is 5.02 Å². The molecule has 0 saturated carbocycles. The summed E-state index contributed by atoms with van der Waals surface area (Å²) < 4.78 is 47.3. The zero-order valence-electron chi connectivity index (χ0n) is 18.2. The van der Waals surface area contributed by atoms with Gasteiger partial charge in [-0.1, -0.05) is 11.6 Å². The van der Waals surface area contributed by atoms with Crippen molar-refractivity contribution in [2.75, 3.05) is 43.9 Å². The quantitative estimate of drug-likeness (QED) is 0.379. The number of nitrogens with one attached hydrogen (secondary N) is 2. The Hall–Kier alpha value is -2.63. The number of halogens is 4. The molecule has 3 rings (SSSR count). The van der Waals surface area contributed by atoms with Crippen LogP contribution in [0, 0.1) is 11.2 Å². The highest BCUT2D eigenvalue weighted by atomic mass is 35.5. The maximum Gasteiger partial charge on any atom is 0.280 e. The molecule has 8 nitrogen and oxygen atoms in total. The van der Waals surface area contributed by atoms with E-state index in [4.69, 9.17) is 32.6 Å². The molecular formula is C21H26ClF3N6O2. The molecule has 0 amide bonds. The summed E-state index contributed by atoms with van der Waals surface area (Å²) in [6.45, 7) is 5.32. The molecule has 5 N–H and O–H groups in total. The molecule has 2 aromatic rings. The number of ether oxygens (including phenoxy) is 1. The van der Waals surface area contributed by atoms with E-state index in [9.17, 15) is 8.78 Å². The molecular weight excluding hydrogens is 461 g/mol. The predicted octanol–water partition coefficient (Wildman–Crippen LogP) is 3.45. The summed E-state index contributed by atoms with van der Waals surface area (Å²) in [5, 5.41) is 19.7. The highest BCUT2D eigenvalue weighted by Gasteiger charge is 2.35. The molecule has 1 aromatic heterocycles. The van der Waals surface area contributed by atoms with Gasteiger partial charge in [-0.3, -0.25) is 10.3 Å². The van der Waals surface area contributed by atoms with Crippen LogP contribution in [0.4, 0.5) is 24.8 Å². The lowest BCUT2D eigenvalue weighted by Crippen LogP contribution is -2.46. The first-order chi connectivity index (χ1) is 15.7. The van der Waals surface area contributed by atoms with Crippen LogP contribution in [-0.2, 0) is 0 Å². The van der Waals surface area contributed by atoms with Crippen molar-refractivity contribution in [1.82, 2.24) is 14.9 Å². The number of anilines is 2. The van der Waals surface area contributed by atoms with Crippen LogP contribution < -0.4 is 15.8 Å². The minimum atomic E-state index is -3.07. The fourth-order valence-corrected chi connectivity index (χ4v) is 4.10. The molecule has 1 atom stereocenters. The Kier molecular flexibility index (Phi) is 7.98. The minimum absolute atomic E-state index is 0.00723. The molecule has 1 fully saturated rings. The van der Waals surface area contributed by atoms with Gasteiger partial charge in [-0.15, -0.1) is 0 Å². The minimum Gasteiger partial charge on any atom is -0.493 e. The van der Waals surface area contributed by atoms with Crippen LogP contribution >= 0.6 is 11.6 Å². The summed E-state index contributed by atoms with van der Waals surface area (Å²) in [6, 6.07) is 0.811. The Labute approximate surface area is 194 Å². The molecule has 0 aliphatic carbocycles. The Morgan fingerprint density at radius 1 is 1.42 bits per heavy atom. The maximum atomic E-state index is 15.1. The van der Waals surface area contributed by atoms with E-state index < -0.39 is 24.0 Å². The monoisotopic (exact) mass is 486 g/mol. The van der Waals surface area contributed by atoms with Crippen LogP contribution in [0.15, 0.2) is 12.4 Å². The standard InChI is InChI=1S/C21H26ClF3N6O2/c1-3-33-18-12(6-13(22)16(23)14(18)11-7-31(8-11)4-5-32)10(2)30-21-15(17(26)19(24)25)20(27)28-9-29-21/h6,9-11,19,26,32H,3-5,7-8H2,1-2H3,(H3,27,28,29,30). The van der Waals surface area contributed by atoms with E-state index in [-0.39, 0.29) is 41.4 Å². The third kappa shape index (κ3) is 5.15. The third-order valence-electron chi connectivity index (χ3n) is 5.49. The Morgan fingerprint density at radius 3 is 2.73 bits per heavy atom. The van der Waals surface area contributed by atoms with Crippen molar-refractivity contribution in [2.24, 2.45) is 0 Å². The van der Waals surface area contributed by atoms with Gasteiger partial charge in [0.05, 0.1) is 29.8 Å². The number of nitrogen functional groups attached to an aromatic ring is 1. The molecule has 0 spiro atoms. The smallest absolute Gasteiger partial charge is 0.280 e. The zero-order chi connectivity index (χ0) is 24.3. The third-order valence-corrected chi connectivity index (χ3v) is 5.76. The van der Waals surface area contributed by atoms with Crippen LogP contribution in [0.3, 0.4) is 0 Å². The predicted molar refractivity (Wildman–Crippen MR) is 120 cm³/mol. The molecule has 1 aliphatic heterocycles.